The number of carbonyl (C=O) groups is 2. The van der Waals surface area contributed by atoms with Crippen LogP contribution in [0.2, 0.25) is 0 Å². The highest BCUT2D eigenvalue weighted by Gasteiger charge is 2.24. The van der Waals surface area contributed by atoms with Gasteiger partial charge in [-0.15, -0.1) is 11.8 Å². The first kappa shape index (κ1) is 20.6. The normalized spacial score (nSPS) is 15.9. The second kappa shape index (κ2) is 11.1. The molecule has 5 nitrogen and oxygen atoms in total. The van der Waals surface area contributed by atoms with E-state index in [1.165, 1.54) is 18.2 Å². The largest absolute Gasteiger partial charge is 0.492 e. The van der Waals surface area contributed by atoms with Gasteiger partial charge in [-0.3, -0.25) is 9.59 Å². The van der Waals surface area contributed by atoms with Crippen molar-refractivity contribution in [3.8, 4) is 5.75 Å². The fourth-order valence-corrected chi connectivity index (χ4v) is 3.84. The van der Waals surface area contributed by atoms with E-state index in [1.54, 1.807) is 0 Å². The molecule has 6 heteroatoms. The van der Waals surface area contributed by atoms with Gasteiger partial charge in [-0.25, -0.2) is 0 Å². The zero-order valence-corrected chi connectivity index (χ0v) is 16.5. The average molecular weight is 380 g/mol. The number of nitrogens with one attached hydrogen (secondary N) is 1. The molecule has 1 aliphatic carbocycles. The molecule has 1 aliphatic rings. The maximum Gasteiger partial charge on any atom is 0.319 e. The van der Waals surface area contributed by atoms with Gasteiger partial charge in [0.1, 0.15) is 17.1 Å². The molecule has 0 radical (unpaired) electrons. The van der Waals surface area contributed by atoms with E-state index in [1.807, 2.05) is 38.1 Å². The maximum absolute atomic E-state index is 12.4. The lowest BCUT2D eigenvalue weighted by Gasteiger charge is -2.24. The molecule has 0 bridgehead atoms. The number of amides is 1. The molecule has 0 saturated heterocycles. The Labute approximate surface area is 160 Å². The monoisotopic (exact) mass is 379 g/mol. The van der Waals surface area contributed by atoms with E-state index in [2.05, 4.69) is 5.32 Å². The molecule has 1 atom stereocenters. The number of hydrogen-bond donors (Lipinski definition) is 1. The number of para-hydroxylation sites is 2. The number of esters is 1. The van der Waals surface area contributed by atoms with Gasteiger partial charge < -0.3 is 14.8 Å². The van der Waals surface area contributed by atoms with Gasteiger partial charge in [-0.05, 0) is 51.2 Å². The SMILES string of the molecule is CCOc1ccccc1NC(=O)CSC(CC)C(=O)OC1CCCCC1. The Morgan fingerprint density at radius 3 is 2.62 bits per heavy atom. The first-order valence-electron chi connectivity index (χ1n) is 9.47. The van der Waals surface area contributed by atoms with Crippen molar-refractivity contribution in [2.75, 3.05) is 17.7 Å². The number of carbonyl (C=O) groups excluding carboxylic acids is 2. The minimum absolute atomic E-state index is 0.0535. The van der Waals surface area contributed by atoms with Crippen LogP contribution in [0.4, 0.5) is 5.69 Å². The molecule has 0 spiro atoms. The van der Waals surface area contributed by atoms with E-state index in [9.17, 15) is 9.59 Å². The van der Waals surface area contributed by atoms with Gasteiger partial charge >= 0.3 is 5.97 Å². The van der Waals surface area contributed by atoms with Crippen LogP contribution in [-0.2, 0) is 14.3 Å². The third-order valence-electron chi connectivity index (χ3n) is 4.35. The Morgan fingerprint density at radius 2 is 1.92 bits per heavy atom. The molecule has 1 aromatic rings. The highest BCUT2D eigenvalue weighted by molar-refractivity contribution is 8.01. The predicted octanol–water partition coefficient (Wildman–Crippen LogP) is 4.41. The van der Waals surface area contributed by atoms with Crippen molar-refractivity contribution in [3.05, 3.63) is 24.3 Å². The molecule has 1 fully saturated rings. The van der Waals surface area contributed by atoms with Gasteiger partial charge in [-0.2, -0.15) is 0 Å². The number of benzene rings is 1. The van der Waals surface area contributed by atoms with Crippen molar-refractivity contribution in [3.63, 3.8) is 0 Å². The molecule has 144 valence electrons. The highest BCUT2D eigenvalue weighted by atomic mass is 32.2. The van der Waals surface area contributed by atoms with Crippen molar-refractivity contribution in [2.24, 2.45) is 0 Å². The molecule has 1 aromatic carbocycles. The minimum Gasteiger partial charge on any atom is -0.492 e. The minimum atomic E-state index is -0.301. The fraction of sp³-hybridized carbons (Fsp3) is 0.600. The Morgan fingerprint density at radius 1 is 1.19 bits per heavy atom. The number of hydrogen-bond acceptors (Lipinski definition) is 5. The van der Waals surface area contributed by atoms with Crippen LogP contribution in [0.15, 0.2) is 24.3 Å². The van der Waals surface area contributed by atoms with Crippen LogP contribution >= 0.6 is 11.8 Å². The molecular weight excluding hydrogens is 350 g/mol. The summed E-state index contributed by atoms with van der Waals surface area (Å²) in [6.07, 6.45) is 6.11. The molecule has 1 unspecified atom stereocenters. The van der Waals surface area contributed by atoms with Gasteiger partial charge in [0.25, 0.3) is 0 Å². The van der Waals surface area contributed by atoms with Gasteiger partial charge in [-0.1, -0.05) is 25.5 Å². The molecule has 2 rings (SSSR count). The molecule has 1 N–H and O–H groups in total. The lowest BCUT2D eigenvalue weighted by molar-refractivity contribution is -0.149. The summed E-state index contributed by atoms with van der Waals surface area (Å²) >= 11 is 1.34. The van der Waals surface area contributed by atoms with E-state index in [-0.39, 0.29) is 29.0 Å². The van der Waals surface area contributed by atoms with Gasteiger partial charge in [0.05, 0.1) is 18.0 Å². The van der Waals surface area contributed by atoms with E-state index in [0.29, 0.717) is 24.5 Å². The van der Waals surface area contributed by atoms with Crippen LogP contribution < -0.4 is 10.1 Å². The Hall–Kier alpha value is -1.69. The van der Waals surface area contributed by atoms with E-state index < -0.39 is 0 Å². The number of anilines is 1. The van der Waals surface area contributed by atoms with Crippen molar-refractivity contribution >= 4 is 29.3 Å². The van der Waals surface area contributed by atoms with Crippen LogP contribution in [0.5, 0.6) is 5.75 Å². The molecule has 0 aromatic heterocycles. The summed E-state index contributed by atoms with van der Waals surface area (Å²) in [4.78, 5) is 24.6. The maximum atomic E-state index is 12.4. The third-order valence-corrected chi connectivity index (χ3v) is 5.70. The van der Waals surface area contributed by atoms with Crippen LogP contribution in [0.3, 0.4) is 0 Å². The second-order valence-corrected chi connectivity index (χ2v) is 7.57. The highest BCUT2D eigenvalue weighted by Crippen LogP contribution is 2.26. The summed E-state index contributed by atoms with van der Waals surface area (Å²) in [6, 6.07) is 7.34. The van der Waals surface area contributed by atoms with Gasteiger partial charge in [0, 0.05) is 0 Å². The summed E-state index contributed by atoms with van der Waals surface area (Å²) in [7, 11) is 0. The van der Waals surface area contributed by atoms with Crippen LogP contribution in [0.25, 0.3) is 0 Å². The van der Waals surface area contributed by atoms with Gasteiger partial charge in [0.2, 0.25) is 5.91 Å². The number of rotatable bonds is 9. The molecule has 1 amide bonds. The standard InChI is InChI=1S/C20H29NO4S/c1-3-18(20(23)25-15-10-6-5-7-11-15)26-14-19(22)21-16-12-8-9-13-17(16)24-4-2/h8-9,12-13,15,18H,3-7,10-11,14H2,1-2H3,(H,21,22). The average Bonchev–Trinajstić information content (AvgIpc) is 2.65. The number of thioether (sulfide) groups is 1. The second-order valence-electron chi connectivity index (χ2n) is 6.38. The molecule has 0 aliphatic heterocycles. The summed E-state index contributed by atoms with van der Waals surface area (Å²) in [5, 5.41) is 2.56. The third kappa shape index (κ3) is 6.56. The lowest BCUT2D eigenvalue weighted by atomic mass is 9.98. The summed E-state index contributed by atoms with van der Waals surface area (Å²) < 4.78 is 11.1. The Balaban J connectivity index is 1.81. The van der Waals surface area contributed by atoms with Crippen LogP contribution in [0, 0.1) is 0 Å². The molecule has 26 heavy (non-hydrogen) atoms. The van der Waals surface area contributed by atoms with E-state index in [4.69, 9.17) is 9.47 Å². The Kier molecular flexibility index (Phi) is 8.81. The van der Waals surface area contributed by atoms with Crippen LogP contribution in [-0.4, -0.2) is 35.6 Å². The van der Waals surface area contributed by atoms with Crippen molar-refractivity contribution < 1.29 is 19.1 Å². The summed E-state index contributed by atoms with van der Waals surface area (Å²) in [5.74, 6) is 0.522. The lowest BCUT2D eigenvalue weighted by Crippen LogP contribution is -2.28. The topological polar surface area (TPSA) is 64.6 Å². The van der Waals surface area contributed by atoms with Crippen molar-refractivity contribution in [1.29, 1.82) is 0 Å². The molecule has 1 saturated carbocycles. The fourth-order valence-electron chi connectivity index (χ4n) is 2.99. The summed E-state index contributed by atoms with van der Waals surface area (Å²) in [5.41, 5.74) is 0.651. The Bertz CT molecular complexity index is 587. The smallest absolute Gasteiger partial charge is 0.319 e. The number of ether oxygens (including phenoxy) is 2. The zero-order chi connectivity index (χ0) is 18.8. The quantitative estimate of drug-likeness (QED) is 0.644. The van der Waals surface area contributed by atoms with Gasteiger partial charge in [0.15, 0.2) is 0 Å². The first-order valence-corrected chi connectivity index (χ1v) is 10.5. The first-order chi connectivity index (χ1) is 12.6. The zero-order valence-electron chi connectivity index (χ0n) is 15.7. The molecular formula is C20H29NO4S. The van der Waals surface area contributed by atoms with Crippen molar-refractivity contribution in [1.82, 2.24) is 0 Å². The molecule has 0 heterocycles. The predicted molar refractivity (Wildman–Crippen MR) is 106 cm³/mol. The van der Waals surface area contributed by atoms with Crippen molar-refractivity contribution in [2.45, 2.75) is 63.7 Å². The van der Waals surface area contributed by atoms with E-state index >= 15 is 0 Å². The summed E-state index contributed by atoms with van der Waals surface area (Å²) in [6.45, 7) is 4.38. The van der Waals surface area contributed by atoms with E-state index in [0.717, 1.165) is 25.7 Å². The van der Waals surface area contributed by atoms with Crippen LogP contribution in [0.1, 0.15) is 52.4 Å².